The fourth-order valence-electron chi connectivity index (χ4n) is 3.43. The molecule has 0 unspecified atom stereocenters. The Bertz CT molecular complexity index is 836. The molecule has 0 aliphatic carbocycles. The van der Waals surface area contributed by atoms with Crippen molar-refractivity contribution in [3.05, 3.63) is 40.8 Å². The van der Waals surface area contributed by atoms with Gasteiger partial charge in [0.05, 0.1) is 16.8 Å². The van der Waals surface area contributed by atoms with Gasteiger partial charge < -0.3 is 14.9 Å². The maximum Gasteiger partial charge on any atom is 0.337 e. The summed E-state index contributed by atoms with van der Waals surface area (Å²) in [6.07, 6.45) is 2.34. The third kappa shape index (κ3) is 3.79. The summed E-state index contributed by atoms with van der Waals surface area (Å²) < 4.78 is 1.91. The molecule has 8 heteroatoms. The number of aromatic carboxylic acids is 1. The topological polar surface area (TPSA) is 91.6 Å². The van der Waals surface area contributed by atoms with Crippen LogP contribution in [-0.2, 0) is 6.54 Å². The number of anilines is 1. The number of amides is 1. The minimum Gasteiger partial charge on any atom is -0.478 e. The average molecular weight is 371 g/mol. The van der Waals surface area contributed by atoms with Gasteiger partial charge in [-0.15, -0.1) is 0 Å². The SMILES string of the molecule is CCCn1nc(C)c(C(=O)N2CCN(c3ccc(C(=O)O)cn3)CC2)c1C. The number of carboxylic acid groups (broad SMARTS) is 1. The molecule has 1 fully saturated rings. The highest BCUT2D eigenvalue weighted by molar-refractivity contribution is 5.96. The molecule has 0 bridgehead atoms. The van der Waals surface area contributed by atoms with Crippen LogP contribution in [0.1, 0.15) is 45.4 Å². The van der Waals surface area contributed by atoms with Crippen LogP contribution in [0, 0.1) is 13.8 Å². The predicted octanol–water partition coefficient (Wildman–Crippen LogP) is 1.97. The van der Waals surface area contributed by atoms with E-state index in [2.05, 4.69) is 21.9 Å². The lowest BCUT2D eigenvalue weighted by Crippen LogP contribution is -2.49. The molecule has 1 aliphatic rings. The first-order chi connectivity index (χ1) is 12.9. The standard InChI is InChI=1S/C19H25N5O3/c1-4-7-24-14(3)17(13(2)21-24)18(25)23-10-8-22(9-11-23)16-6-5-15(12-20-16)19(26)27/h5-6,12H,4,7-11H2,1-3H3,(H,26,27). The van der Waals surface area contributed by atoms with E-state index in [9.17, 15) is 9.59 Å². The van der Waals surface area contributed by atoms with Crippen molar-refractivity contribution in [3.63, 3.8) is 0 Å². The highest BCUT2D eigenvalue weighted by Crippen LogP contribution is 2.19. The van der Waals surface area contributed by atoms with Crippen LogP contribution in [0.2, 0.25) is 0 Å². The van der Waals surface area contributed by atoms with Crippen LogP contribution in [0.4, 0.5) is 5.82 Å². The summed E-state index contributed by atoms with van der Waals surface area (Å²) in [5, 5.41) is 13.5. The van der Waals surface area contributed by atoms with E-state index in [4.69, 9.17) is 5.11 Å². The first-order valence-corrected chi connectivity index (χ1v) is 9.20. The quantitative estimate of drug-likeness (QED) is 0.864. The number of nitrogens with zero attached hydrogens (tertiary/aromatic N) is 5. The molecule has 27 heavy (non-hydrogen) atoms. The molecular weight excluding hydrogens is 346 g/mol. The second-order valence-corrected chi connectivity index (χ2v) is 6.76. The molecule has 2 aromatic heterocycles. The lowest BCUT2D eigenvalue weighted by Gasteiger charge is -2.35. The Morgan fingerprint density at radius 3 is 2.41 bits per heavy atom. The van der Waals surface area contributed by atoms with E-state index in [-0.39, 0.29) is 11.5 Å². The third-order valence-electron chi connectivity index (χ3n) is 4.92. The van der Waals surface area contributed by atoms with Crippen molar-refractivity contribution >= 4 is 17.7 Å². The summed E-state index contributed by atoms with van der Waals surface area (Å²) in [5.74, 6) is -0.227. The molecule has 0 radical (unpaired) electrons. The van der Waals surface area contributed by atoms with Gasteiger partial charge in [-0.2, -0.15) is 5.10 Å². The molecule has 3 heterocycles. The van der Waals surface area contributed by atoms with Crippen LogP contribution < -0.4 is 4.90 Å². The first-order valence-electron chi connectivity index (χ1n) is 9.20. The number of rotatable bonds is 5. The van der Waals surface area contributed by atoms with Crippen molar-refractivity contribution in [3.8, 4) is 0 Å². The molecule has 0 atom stereocenters. The third-order valence-corrected chi connectivity index (χ3v) is 4.92. The largest absolute Gasteiger partial charge is 0.478 e. The summed E-state index contributed by atoms with van der Waals surface area (Å²) in [7, 11) is 0. The van der Waals surface area contributed by atoms with E-state index in [0.717, 1.165) is 30.2 Å². The molecule has 1 saturated heterocycles. The van der Waals surface area contributed by atoms with Gasteiger partial charge in [-0.25, -0.2) is 9.78 Å². The average Bonchev–Trinajstić information content (AvgIpc) is 2.95. The van der Waals surface area contributed by atoms with Crippen LogP contribution in [0.15, 0.2) is 18.3 Å². The van der Waals surface area contributed by atoms with Gasteiger partial charge in [0.25, 0.3) is 5.91 Å². The Balaban J connectivity index is 1.67. The van der Waals surface area contributed by atoms with Crippen LogP contribution >= 0.6 is 0 Å². The second kappa shape index (κ2) is 7.77. The normalized spacial score (nSPS) is 14.5. The highest BCUT2D eigenvalue weighted by Gasteiger charge is 2.27. The van der Waals surface area contributed by atoms with Crippen LogP contribution in [0.3, 0.4) is 0 Å². The molecule has 1 aliphatic heterocycles. The minimum absolute atomic E-state index is 0.0289. The van der Waals surface area contributed by atoms with Crippen molar-refractivity contribution in [1.82, 2.24) is 19.7 Å². The molecule has 0 saturated carbocycles. The fraction of sp³-hybridized carbons (Fsp3) is 0.474. The Hall–Kier alpha value is -2.90. The Morgan fingerprint density at radius 2 is 1.85 bits per heavy atom. The van der Waals surface area contributed by atoms with Gasteiger partial charge in [0, 0.05) is 44.6 Å². The maximum absolute atomic E-state index is 13.0. The Kier molecular flexibility index (Phi) is 5.43. The molecule has 0 aromatic carbocycles. The monoisotopic (exact) mass is 371 g/mol. The number of carbonyl (C=O) groups is 2. The van der Waals surface area contributed by atoms with Crippen molar-refractivity contribution in [2.24, 2.45) is 0 Å². The number of pyridine rings is 1. The second-order valence-electron chi connectivity index (χ2n) is 6.76. The number of aryl methyl sites for hydroxylation is 2. The molecule has 144 valence electrons. The Labute approximate surface area is 158 Å². The summed E-state index contributed by atoms with van der Waals surface area (Å²) in [6.45, 7) is 9.25. The Morgan fingerprint density at radius 1 is 1.15 bits per heavy atom. The number of aromatic nitrogens is 3. The van der Waals surface area contributed by atoms with E-state index >= 15 is 0 Å². The molecule has 1 N–H and O–H groups in total. The lowest BCUT2D eigenvalue weighted by molar-refractivity contribution is 0.0694. The smallest absolute Gasteiger partial charge is 0.337 e. The van der Waals surface area contributed by atoms with Crippen LogP contribution in [0.5, 0.6) is 0 Å². The van der Waals surface area contributed by atoms with Crippen molar-refractivity contribution in [2.75, 3.05) is 31.1 Å². The zero-order valence-corrected chi connectivity index (χ0v) is 16.0. The maximum atomic E-state index is 13.0. The molecule has 1 amide bonds. The summed E-state index contributed by atoms with van der Waals surface area (Å²) in [6, 6.07) is 3.26. The van der Waals surface area contributed by atoms with Crippen LogP contribution in [0.25, 0.3) is 0 Å². The molecular formula is C19H25N5O3. The van der Waals surface area contributed by atoms with E-state index in [0.29, 0.717) is 31.7 Å². The van der Waals surface area contributed by atoms with Gasteiger partial charge in [0.15, 0.2) is 0 Å². The van der Waals surface area contributed by atoms with E-state index < -0.39 is 5.97 Å². The van der Waals surface area contributed by atoms with E-state index in [1.54, 1.807) is 12.1 Å². The minimum atomic E-state index is -0.987. The number of hydrogen-bond acceptors (Lipinski definition) is 5. The van der Waals surface area contributed by atoms with Gasteiger partial charge in [-0.3, -0.25) is 9.48 Å². The van der Waals surface area contributed by atoms with Gasteiger partial charge in [-0.05, 0) is 32.4 Å². The van der Waals surface area contributed by atoms with Crippen molar-refractivity contribution in [2.45, 2.75) is 33.7 Å². The molecule has 3 rings (SSSR count). The van der Waals surface area contributed by atoms with Gasteiger partial charge in [0.1, 0.15) is 5.82 Å². The van der Waals surface area contributed by atoms with Gasteiger partial charge in [-0.1, -0.05) is 6.92 Å². The van der Waals surface area contributed by atoms with Gasteiger partial charge in [0.2, 0.25) is 0 Å². The zero-order valence-electron chi connectivity index (χ0n) is 16.0. The predicted molar refractivity (Wildman–Crippen MR) is 101 cm³/mol. The van der Waals surface area contributed by atoms with E-state index in [1.807, 2.05) is 23.4 Å². The summed E-state index contributed by atoms with van der Waals surface area (Å²) >= 11 is 0. The van der Waals surface area contributed by atoms with E-state index in [1.165, 1.54) is 6.20 Å². The van der Waals surface area contributed by atoms with Crippen molar-refractivity contribution in [1.29, 1.82) is 0 Å². The molecule has 0 spiro atoms. The molecule has 8 nitrogen and oxygen atoms in total. The fourth-order valence-corrected chi connectivity index (χ4v) is 3.43. The molecule has 2 aromatic rings. The number of carbonyl (C=O) groups excluding carboxylic acids is 1. The van der Waals surface area contributed by atoms with Gasteiger partial charge >= 0.3 is 5.97 Å². The summed E-state index contributed by atoms with van der Waals surface area (Å²) in [5.41, 5.74) is 2.58. The highest BCUT2D eigenvalue weighted by atomic mass is 16.4. The number of piperazine rings is 1. The summed E-state index contributed by atoms with van der Waals surface area (Å²) in [4.78, 5) is 32.1. The van der Waals surface area contributed by atoms with Crippen LogP contribution in [-0.4, -0.2) is 62.8 Å². The number of carboxylic acids is 1. The zero-order chi connectivity index (χ0) is 19.6. The van der Waals surface area contributed by atoms with Crippen molar-refractivity contribution < 1.29 is 14.7 Å². The first kappa shape index (κ1) is 18.9. The number of hydrogen-bond donors (Lipinski definition) is 1. The lowest BCUT2D eigenvalue weighted by atomic mass is 10.1.